The third-order valence-electron chi connectivity index (χ3n) is 5.89. The van der Waals surface area contributed by atoms with Crippen molar-refractivity contribution in [3.63, 3.8) is 0 Å². The van der Waals surface area contributed by atoms with Crippen molar-refractivity contribution in [3.8, 4) is 0 Å². The summed E-state index contributed by atoms with van der Waals surface area (Å²) >= 11 is 0. The van der Waals surface area contributed by atoms with E-state index in [1.165, 1.54) is 38.5 Å². The lowest BCUT2D eigenvalue weighted by molar-refractivity contribution is 0.0435. The molecule has 136 valence electrons. The highest BCUT2D eigenvalue weighted by Gasteiger charge is 2.38. The van der Waals surface area contributed by atoms with Gasteiger partial charge in [0.15, 0.2) is 0 Å². The molecular formula is C21H44BN. The van der Waals surface area contributed by atoms with Crippen LogP contribution in [-0.4, -0.2) is 31.4 Å². The topological polar surface area (TPSA) is 3.24 Å². The van der Waals surface area contributed by atoms with Gasteiger partial charge in [-0.25, -0.2) is 0 Å². The molecule has 0 aromatic carbocycles. The molecule has 1 nitrogen and oxygen atoms in total. The van der Waals surface area contributed by atoms with E-state index in [9.17, 15) is 0 Å². The number of hydrogen-bond donors (Lipinski definition) is 0. The lowest BCUT2D eigenvalue weighted by Crippen LogP contribution is -2.50. The van der Waals surface area contributed by atoms with E-state index in [-0.39, 0.29) is 16.8 Å². The van der Waals surface area contributed by atoms with Gasteiger partial charge in [-0.2, -0.15) is 0 Å². The second-order valence-electron chi connectivity index (χ2n) is 9.11. The quantitative estimate of drug-likeness (QED) is 0.372. The first-order chi connectivity index (χ1) is 10.5. The Labute approximate surface area is 149 Å². The lowest BCUT2D eigenvalue weighted by Gasteiger charge is -2.48. The van der Waals surface area contributed by atoms with Gasteiger partial charge in [0.1, 0.15) is 0 Å². The summed E-state index contributed by atoms with van der Waals surface area (Å²) in [6.07, 6.45) is 8.73. The molecule has 0 aliphatic heterocycles. The van der Waals surface area contributed by atoms with Gasteiger partial charge in [0.25, 0.3) is 0 Å². The van der Waals surface area contributed by atoms with Crippen molar-refractivity contribution in [2.45, 2.75) is 118 Å². The van der Waals surface area contributed by atoms with Crippen LogP contribution in [0.1, 0.15) is 100 Å². The van der Waals surface area contributed by atoms with Gasteiger partial charge in [-0.1, -0.05) is 73.0 Å². The Kier molecular flexibility index (Phi) is 10.1. The molecule has 0 aromatic heterocycles. The van der Waals surface area contributed by atoms with Crippen LogP contribution in [0.3, 0.4) is 0 Å². The molecule has 0 saturated carbocycles. The highest BCUT2D eigenvalue weighted by molar-refractivity contribution is 6.12. The highest BCUT2D eigenvalue weighted by Crippen LogP contribution is 2.44. The SMILES string of the molecule is [B]C(C(C)CCC)C(C)(C)CC(C)(C)N(C)C(CCC)CCC. The molecule has 0 saturated heterocycles. The van der Waals surface area contributed by atoms with Crippen molar-refractivity contribution >= 4 is 7.85 Å². The molecule has 2 heteroatoms. The molecule has 2 unspecified atom stereocenters. The Hall–Kier alpha value is 0.0249. The van der Waals surface area contributed by atoms with E-state index in [0.29, 0.717) is 12.0 Å². The van der Waals surface area contributed by atoms with E-state index < -0.39 is 0 Å². The fraction of sp³-hybridized carbons (Fsp3) is 1.00. The van der Waals surface area contributed by atoms with E-state index in [2.05, 4.69) is 67.3 Å². The maximum atomic E-state index is 6.66. The summed E-state index contributed by atoms with van der Waals surface area (Å²) in [4.78, 5) is 2.64. The Morgan fingerprint density at radius 1 is 0.870 bits per heavy atom. The van der Waals surface area contributed by atoms with Crippen molar-refractivity contribution in [1.82, 2.24) is 4.90 Å². The minimum Gasteiger partial charge on any atom is -0.298 e. The predicted octanol–water partition coefficient (Wildman–Crippen LogP) is 6.48. The summed E-state index contributed by atoms with van der Waals surface area (Å²) in [5.41, 5.74) is 0.345. The van der Waals surface area contributed by atoms with Crippen LogP contribution >= 0.6 is 0 Å². The zero-order chi connectivity index (χ0) is 18.3. The van der Waals surface area contributed by atoms with Crippen LogP contribution in [0.2, 0.25) is 5.82 Å². The van der Waals surface area contributed by atoms with Crippen molar-refractivity contribution < 1.29 is 0 Å². The molecule has 0 rings (SSSR count). The minimum atomic E-state index is 0.162. The van der Waals surface area contributed by atoms with E-state index >= 15 is 0 Å². The zero-order valence-corrected chi connectivity index (χ0v) is 17.7. The largest absolute Gasteiger partial charge is 0.298 e. The molecule has 0 spiro atoms. The van der Waals surface area contributed by atoms with E-state index in [1.807, 2.05) is 0 Å². The Morgan fingerprint density at radius 2 is 1.30 bits per heavy atom. The first kappa shape index (κ1) is 23.0. The average Bonchev–Trinajstić information content (AvgIpc) is 2.44. The molecular weight excluding hydrogens is 277 g/mol. The van der Waals surface area contributed by atoms with Crippen LogP contribution < -0.4 is 0 Å². The summed E-state index contributed by atoms with van der Waals surface area (Å²) in [5.74, 6) is 0.865. The monoisotopic (exact) mass is 321 g/mol. The average molecular weight is 321 g/mol. The second kappa shape index (κ2) is 10.1. The van der Waals surface area contributed by atoms with Gasteiger partial charge in [-0.15, -0.1) is 0 Å². The van der Waals surface area contributed by atoms with E-state index in [4.69, 9.17) is 7.85 Å². The maximum Gasteiger partial charge on any atom is 0.0710 e. The summed E-state index contributed by atoms with van der Waals surface area (Å²) in [7, 11) is 8.99. The van der Waals surface area contributed by atoms with Gasteiger partial charge in [-0.05, 0) is 51.5 Å². The zero-order valence-electron chi connectivity index (χ0n) is 17.7. The fourth-order valence-corrected chi connectivity index (χ4v) is 4.45. The van der Waals surface area contributed by atoms with Crippen LogP contribution in [0.25, 0.3) is 0 Å². The van der Waals surface area contributed by atoms with Gasteiger partial charge >= 0.3 is 0 Å². The summed E-state index contributed by atoms with van der Waals surface area (Å²) in [6.45, 7) is 18.7. The van der Waals surface area contributed by atoms with Gasteiger partial charge < -0.3 is 0 Å². The number of nitrogens with zero attached hydrogens (tertiary/aromatic N) is 1. The molecule has 0 fully saturated rings. The maximum absolute atomic E-state index is 6.66. The normalized spacial score (nSPS) is 16.1. The van der Waals surface area contributed by atoms with Crippen LogP contribution in [0.15, 0.2) is 0 Å². The molecule has 0 N–H and O–H groups in total. The number of rotatable bonds is 12. The predicted molar refractivity (Wildman–Crippen MR) is 107 cm³/mol. The molecule has 0 bridgehead atoms. The molecule has 2 radical (unpaired) electrons. The fourth-order valence-electron chi connectivity index (χ4n) is 4.45. The molecule has 0 aromatic rings. The van der Waals surface area contributed by atoms with Crippen LogP contribution in [0.4, 0.5) is 0 Å². The first-order valence-electron chi connectivity index (χ1n) is 10.0. The minimum absolute atomic E-state index is 0.162. The second-order valence-corrected chi connectivity index (χ2v) is 9.11. The molecule has 0 heterocycles. The van der Waals surface area contributed by atoms with E-state index in [0.717, 1.165) is 6.42 Å². The van der Waals surface area contributed by atoms with Crippen molar-refractivity contribution in [2.24, 2.45) is 11.3 Å². The smallest absolute Gasteiger partial charge is 0.0710 e. The standard InChI is InChI=1S/C21H44BN/c1-10-13-17(4)19(22)20(5,6)16-21(7,8)23(9)18(14-11-2)15-12-3/h17-19H,10-16H2,1-9H3. The van der Waals surface area contributed by atoms with Gasteiger partial charge in [0.2, 0.25) is 0 Å². The molecule has 0 aliphatic carbocycles. The third kappa shape index (κ3) is 7.20. The Bertz CT molecular complexity index is 305. The van der Waals surface area contributed by atoms with Gasteiger partial charge in [0.05, 0.1) is 7.85 Å². The van der Waals surface area contributed by atoms with E-state index in [1.54, 1.807) is 0 Å². The van der Waals surface area contributed by atoms with Crippen LogP contribution in [0.5, 0.6) is 0 Å². The van der Waals surface area contributed by atoms with Gasteiger partial charge in [0, 0.05) is 11.6 Å². The first-order valence-corrected chi connectivity index (χ1v) is 10.0. The molecule has 2 atom stereocenters. The van der Waals surface area contributed by atoms with Crippen LogP contribution in [-0.2, 0) is 0 Å². The molecule has 0 aliphatic rings. The lowest BCUT2D eigenvalue weighted by atomic mass is 9.57. The van der Waals surface area contributed by atoms with Crippen molar-refractivity contribution in [3.05, 3.63) is 0 Å². The van der Waals surface area contributed by atoms with Crippen LogP contribution in [0, 0.1) is 11.3 Å². The highest BCUT2D eigenvalue weighted by atomic mass is 15.2. The Balaban J connectivity index is 5.04. The Morgan fingerprint density at radius 3 is 1.70 bits per heavy atom. The number of hydrogen-bond acceptors (Lipinski definition) is 1. The molecule has 23 heavy (non-hydrogen) atoms. The summed E-state index contributed by atoms with van der Waals surface area (Å²) < 4.78 is 0. The van der Waals surface area contributed by atoms with Crippen molar-refractivity contribution in [1.29, 1.82) is 0 Å². The molecule has 0 amide bonds. The van der Waals surface area contributed by atoms with Crippen molar-refractivity contribution in [2.75, 3.05) is 7.05 Å². The van der Waals surface area contributed by atoms with Gasteiger partial charge in [-0.3, -0.25) is 4.90 Å². The summed E-state index contributed by atoms with van der Waals surface area (Å²) in [6, 6.07) is 0.695. The third-order valence-corrected chi connectivity index (χ3v) is 5.89. The summed E-state index contributed by atoms with van der Waals surface area (Å²) in [5, 5.41) is 0.